The van der Waals surface area contributed by atoms with Crippen LogP contribution in [0, 0.1) is 0 Å². The summed E-state index contributed by atoms with van der Waals surface area (Å²) in [4.78, 5) is 14.6. The molecule has 27 heavy (non-hydrogen) atoms. The van der Waals surface area contributed by atoms with E-state index in [1.165, 1.54) is 24.9 Å². The van der Waals surface area contributed by atoms with E-state index in [-0.39, 0.29) is 12.3 Å². The van der Waals surface area contributed by atoms with Gasteiger partial charge in [0.05, 0.1) is 6.42 Å². The third-order valence-corrected chi connectivity index (χ3v) is 5.25. The number of hydrogen-bond donors (Lipinski definition) is 2. The summed E-state index contributed by atoms with van der Waals surface area (Å²) < 4.78 is 0. The number of piperidine rings is 1. The van der Waals surface area contributed by atoms with Crippen LogP contribution in [0.4, 0.5) is 11.4 Å². The van der Waals surface area contributed by atoms with Crippen molar-refractivity contribution in [2.24, 2.45) is 0 Å². The summed E-state index contributed by atoms with van der Waals surface area (Å²) in [6, 6.07) is 16.0. The zero-order valence-corrected chi connectivity index (χ0v) is 16.9. The highest BCUT2D eigenvalue weighted by atomic mass is 35.5. The van der Waals surface area contributed by atoms with Crippen molar-refractivity contribution >= 4 is 46.2 Å². The van der Waals surface area contributed by atoms with Crippen LogP contribution < -0.4 is 15.5 Å². The van der Waals surface area contributed by atoms with Crippen molar-refractivity contribution in [3.8, 4) is 0 Å². The Hall–Kier alpha value is -2.11. The second-order valence-corrected chi connectivity index (χ2v) is 7.74. The van der Waals surface area contributed by atoms with Crippen molar-refractivity contribution in [1.82, 2.24) is 5.32 Å². The summed E-state index contributed by atoms with van der Waals surface area (Å²) >= 11 is 11.1. The molecule has 0 unspecified atom stereocenters. The maximum Gasteiger partial charge on any atom is 0.230 e. The number of benzene rings is 2. The fourth-order valence-electron chi connectivity index (χ4n) is 3.34. The van der Waals surface area contributed by atoms with Crippen LogP contribution in [0.25, 0.3) is 0 Å². The van der Waals surface area contributed by atoms with Crippen molar-refractivity contribution in [2.45, 2.75) is 38.6 Å². The summed E-state index contributed by atoms with van der Waals surface area (Å²) in [7, 11) is 0. The SMILES string of the molecule is C[C@@H]1CCCCN1c1ccc(NC(=S)NC(=O)Cc2ccc(Cl)cc2)cc1. The van der Waals surface area contributed by atoms with Crippen molar-refractivity contribution < 1.29 is 4.79 Å². The first-order valence-electron chi connectivity index (χ1n) is 9.23. The second-order valence-electron chi connectivity index (χ2n) is 6.89. The van der Waals surface area contributed by atoms with Crippen molar-refractivity contribution in [3.05, 3.63) is 59.1 Å². The number of carbonyl (C=O) groups is 1. The van der Waals surface area contributed by atoms with Crippen LogP contribution in [0.1, 0.15) is 31.7 Å². The molecule has 1 amide bonds. The Balaban J connectivity index is 1.51. The van der Waals surface area contributed by atoms with Crippen LogP contribution in [-0.4, -0.2) is 23.6 Å². The largest absolute Gasteiger partial charge is 0.369 e. The van der Waals surface area contributed by atoms with Gasteiger partial charge in [-0.15, -0.1) is 0 Å². The number of thiocarbonyl (C=S) groups is 1. The fraction of sp³-hybridized carbons (Fsp3) is 0.333. The average Bonchev–Trinajstić information content (AvgIpc) is 2.65. The van der Waals surface area contributed by atoms with Gasteiger partial charge in [-0.25, -0.2) is 0 Å². The smallest absolute Gasteiger partial charge is 0.230 e. The van der Waals surface area contributed by atoms with Crippen LogP contribution >= 0.6 is 23.8 Å². The van der Waals surface area contributed by atoms with Gasteiger partial charge in [-0.2, -0.15) is 0 Å². The quantitative estimate of drug-likeness (QED) is 0.724. The highest BCUT2D eigenvalue weighted by molar-refractivity contribution is 7.80. The summed E-state index contributed by atoms with van der Waals surface area (Å²) in [5.74, 6) is -0.159. The van der Waals surface area contributed by atoms with Gasteiger partial charge in [0, 0.05) is 29.0 Å². The molecule has 2 aromatic carbocycles. The molecule has 3 rings (SSSR count). The van der Waals surface area contributed by atoms with Gasteiger partial charge in [0.15, 0.2) is 5.11 Å². The summed E-state index contributed by atoms with van der Waals surface area (Å²) in [6.45, 7) is 3.38. The number of nitrogens with one attached hydrogen (secondary N) is 2. The number of anilines is 2. The van der Waals surface area contributed by atoms with E-state index in [0.717, 1.165) is 17.8 Å². The molecule has 1 atom stereocenters. The van der Waals surface area contributed by atoms with E-state index < -0.39 is 0 Å². The Labute approximate surface area is 170 Å². The Morgan fingerprint density at radius 2 is 1.85 bits per heavy atom. The topological polar surface area (TPSA) is 44.4 Å². The van der Waals surface area contributed by atoms with Crippen molar-refractivity contribution in [1.29, 1.82) is 0 Å². The minimum atomic E-state index is -0.159. The Bertz CT molecular complexity index is 792. The van der Waals surface area contributed by atoms with Gasteiger partial charge in [-0.1, -0.05) is 23.7 Å². The van der Waals surface area contributed by atoms with E-state index in [2.05, 4.69) is 34.6 Å². The fourth-order valence-corrected chi connectivity index (χ4v) is 3.70. The van der Waals surface area contributed by atoms with Gasteiger partial charge in [-0.05, 0) is 80.4 Å². The van der Waals surface area contributed by atoms with Crippen LogP contribution in [0.5, 0.6) is 0 Å². The van der Waals surface area contributed by atoms with Gasteiger partial charge in [0.25, 0.3) is 0 Å². The number of carbonyl (C=O) groups excluding carboxylic acids is 1. The molecule has 142 valence electrons. The highest BCUT2D eigenvalue weighted by Crippen LogP contribution is 2.25. The zero-order chi connectivity index (χ0) is 19.2. The molecular weight excluding hydrogens is 378 g/mol. The van der Waals surface area contributed by atoms with E-state index in [1.807, 2.05) is 24.3 Å². The van der Waals surface area contributed by atoms with Gasteiger partial charge in [0.1, 0.15) is 0 Å². The molecule has 0 saturated carbocycles. The van der Waals surface area contributed by atoms with Gasteiger partial charge in [0.2, 0.25) is 5.91 Å². The molecule has 0 radical (unpaired) electrons. The van der Waals surface area contributed by atoms with Crippen molar-refractivity contribution in [2.75, 3.05) is 16.8 Å². The molecule has 0 spiro atoms. The average molecular weight is 402 g/mol. The van der Waals surface area contributed by atoms with Crippen LogP contribution in [-0.2, 0) is 11.2 Å². The molecule has 0 bridgehead atoms. The summed E-state index contributed by atoms with van der Waals surface area (Å²) in [5.41, 5.74) is 2.98. The minimum absolute atomic E-state index is 0.159. The molecule has 1 fully saturated rings. The molecule has 4 nitrogen and oxygen atoms in total. The molecule has 1 aliphatic rings. The molecule has 2 N–H and O–H groups in total. The zero-order valence-electron chi connectivity index (χ0n) is 15.4. The molecule has 6 heteroatoms. The summed E-state index contributed by atoms with van der Waals surface area (Å²) in [6.07, 6.45) is 4.05. The van der Waals surface area contributed by atoms with Crippen LogP contribution in [0.2, 0.25) is 5.02 Å². The van der Waals surface area contributed by atoms with Crippen LogP contribution in [0.15, 0.2) is 48.5 Å². The lowest BCUT2D eigenvalue weighted by Gasteiger charge is -2.35. The lowest BCUT2D eigenvalue weighted by Crippen LogP contribution is -2.37. The number of rotatable bonds is 4. The van der Waals surface area contributed by atoms with Crippen molar-refractivity contribution in [3.63, 3.8) is 0 Å². The number of hydrogen-bond acceptors (Lipinski definition) is 3. The van der Waals surface area contributed by atoms with E-state index in [9.17, 15) is 4.79 Å². The van der Waals surface area contributed by atoms with E-state index >= 15 is 0 Å². The monoisotopic (exact) mass is 401 g/mol. The summed E-state index contributed by atoms with van der Waals surface area (Å²) in [5, 5.41) is 6.73. The Kier molecular flexibility index (Phi) is 6.69. The lowest BCUT2D eigenvalue weighted by molar-refractivity contribution is -0.119. The normalized spacial score (nSPS) is 16.7. The number of halogens is 1. The molecule has 1 aliphatic heterocycles. The molecule has 1 heterocycles. The first kappa shape index (κ1) is 19.6. The van der Waals surface area contributed by atoms with Crippen LogP contribution in [0.3, 0.4) is 0 Å². The molecular formula is C21H24ClN3OS. The molecule has 2 aromatic rings. The number of amides is 1. The van der Waals surface area contributed by atoms with E-state index in [0.29, 0.717) is 16.2 Å². The minimum Gasteiger partial charge on any atom is -0.369 e. The predicted octanol–water partition coefficient (Wildman–Crippen LogP) is 4.77. The third kappa shape index (κ3) is 5.68. The van der Waals surface area contributed by atoms with Gasteiger partial charge < -0.3 is 15.5 Å². The first-order valence-corrected chi connectivity index (χ1v) is 10.0. The third-order valence-electron chi connectivity index (χ3n) is 4.79. The highest BCUT2D eigenvalue weighted by Gasteiger charge is 2.18. The maximum absolute atomic E-state index is 12.1. The van der Waals surface area contributed by atoms with E-state index in [1.54, 1.807) is 12.1 Å². The molecule has 0 aliphatic carbocycles. The van der Waals surface area contributed by atoms with Gasteiger partial charge >= 0.3 is 0 Å². The second kappa shape index (κ2) is 9.20. The first-order chi connectivity index (χ1) is 13.0. The Morgan fingerprint density at radius 1 is 1.15 bits per heavy atom. The lowest BCUT2D eigenvalue weighted by atomic mass is 10.0. The molecule has 1 saturated heterocycles. The van der Waals surface area contributed by atoms with Gasteiger partial charge in [-0.3, -0.25) is 4.79 Å². The maximum atomic E-state index is 12.1. The number of nitrogens with zero attached hydrogens (tertiary/aromatic N) is 1. The standard InChI is InChI=1S/C21H24ClN3OS/c1-15-4-2-3-13-25(15)19-11-9-18(10-12-19)23-21(27)24-20(26)14-16-5-7-17(22)8-6-16/h5-12,15H,2-4,13-14H2,1H3,(H2,23,24,26,27)/t15-/m1/s1. The van der Waals surface area contributed by atoms with E-state index in [4.69, 9.17) is 23.8 Å². The predicted molar refractivity (Wildman–Crippen MR) is 117 cm³/mol. The Morgan fingerprint density at radius 3 is 2.52 bits per heavy atom. The molecule has 0 aromatic heterocycles.